The van der Waals surface area contributed by atoms with Gasteiger partial charge in [0.25, 0.3) is 0 Å². The second kappa shape index (κ2) is 7.09. The number of aryl methyl sites for hydroxylation is 1. The summed E-state index contributed by atoms with van der Waals surface area (Å²) in [6.07, 6.45) is 3.50. The molecule has 0 radical (unpaired) electrons. The van der Waals surface area contributed by atoms with E-state index in [9.17, 15) is 9.59 Å². The standard InChI is InChI=1S/C14H21NO4/c1-10(2)19-7-5-4-6-15-9-12(11(3)16)8-13(15)14(17)18/h8-10H,4-7H2,1-3H3,(H,17,18). The average molecular weight is 267 g/mol. The fraction of sp³-hybridized carbons (Fsp3) is 0.571. The molecule has 19 heavy (non-hydrogen) atoms. The largest absolute Gasteiger partial charge is 0.477 e. The molecule has 0 spiro atoms. The number of carboxylic acid groups (broad SMARTS) is 1. The molecule has 0 atom stereocenters. The molecule has 0 aliphatic carbocycles. The highest BCUT2D eigenvalue weighted by Gasteiger charge is 2.14. The first-order chi connectivity index (χ1) is 8.91. The van der Waals surface area contributed by atoms with Gasteiger partial charge in [0.1, 0.15) is 5.69 Å². The van der Waals surface area contributed by atoms with E-state index in [1.807, 2.05) is 13.8 Å². The third-order valence-electron chi connectivity index (χ3n) is 2.77. The van der Waals surface area contributed by atoms with Crippen LogP contribution in [0, 0.1) is 0 Å². The van der Waals surface area contributed by atoms with Crippen LogP contribution in [-0.4, -0.2) is 34.1 Å². The molecular formula is C14H21NO4. The molecule has 0 unspecified atom stereocenters. The number of carbonyl (C=O) groups is 2. The van der Waals surface area contributed by atoms with Crippen molar-refractivity contribution in [3.63, 3.8) is 0 Å². The van der Waals surface area contributed by atoms with Gasteiger partial charge in [-0.2, -0.15) is 0 Å². The molecule has 1 aromatic rings. The van der Waals surface area contributed by atoms with E-state index in [4.69, 9.17) is 9.84 Å². The van der Waals surface area contributed by atoms with Crippen molar-refractivity contribution < 1.29 is 19.4 Å². The molecular weight excluding hydrogens is 246 g/mol. The highest BCUT2D eigenvalue weighted by atomic mass is 16.5. The third-order valence-corrected chi connectivity index (χ3v) is 2.77. The minimum absolute atomic E-state index is 0.121. The number of carboxylic acids is 1. The summed E-state index contributed by atoms with van der Waals surface area (Å²) in [6, 6.07) is 1.43. The number of ketones is 1. The smallest absolute Gasteiger partial charge is 0.352 e. The Morgan fingerprint density at radius 2 is 2.05 bits per heavy atom. The summed E-state index contributed by atoms with van der Waals surface area (Å²) in [5.74, 6) is -1.13. The Labute approximate surface area is 113 Å². The summed E-state index contributed by atoms with van der Waals surface area (Å²) in [4.78, 5) is 22.3. The van der Waals surface area contributed by atoms with Crippen molar-refractivity contribution in [3.8, 4) is 0 Å². The Morgan fingerprint density at radius 3 is 2.58 bits per heavy atom. The molecule has 0 saturated carbocycles. The fourth-order valence-electron chi connectivity index (χ4n) is 1.77. The summed E-state index contributed by atoms with van der Waals surface area (Å²) in [6.45, 7) is 6.64. The van der Waals surface area contributed by atoms with Gasteiger partial charge in [-0.25, -0.2) is 4.79 Å². The minimum Gasteiger partial charge on any atom is -0.477 e. The van der Waals surface area contributed by atoms with Gasteiger partial charge in [-0.1, -0.05) is 0 Å². The van der Waals surface area contributed by atoms with Gasteiger partial charge in [0.2, 0.25) is 0 Å². The lowest BCUT2D eigenvalue weighted by Crippen LogP contribution is -2.09. The van der Waals surface area contributed by atoms with Gasteiger partial charge >= 0.3 is 5.97 Å². The molecule has 1 rings (SSSR count). The van der Waals surface area contributed by atoms with Crippen LogP contribution in [0.5, 0.6) is 0 Å². The van der Waals surface area contributed by atoms with Crippen LogP contribution < -0.4 is 0 Å². The maximum atomic E-state index is 11.3. The molecule has 106 valence electrons. The molecule has 0 aliphatic heterocycles. The molecule has 1 heterocycles. The van der Waals surface area contributed by atoms with Crippen molar-refractivity contribution in [1.29, 1.82) is 0 Å². The summed E-state index contributed by atoms with van der Waals surface area (Å²) in [7, 11) is 0. The summed E-state index contributed by atoms with van der Waals surface area (Å²) in [5.41, 5.74) is 0.603. The molecule has 0 amide bonds. The van der Waals surface area contributed by atoms with Crippen molar-refractivity contribution >= 4 is 11.8 Å². The first-order valence-electron chi connectivity index (χ1n) is 6.47. The quantitative estimate of drug-likeness (QED) is 0.580. The van der Waals surface area contributed by atoms with E-state index in [0.717, 1.165) is 12.8 Å². The Hall–Kier alpha value is -1.62. The van der Waals surface area contributed by atoms with Crippen molar-refractivity contribution in [2.45, 2.75) is 46.3 Å². The normalized spacial score (nSPS) is 10.9. The molecule has 0 fully saturated rings. The number of aromatic nitrogens is 1. The van der Waals surface area contributed by atoms with Crippen molar-refractivity contribution in [1.82, 2.24) is 4.57 Å². The van der Waals surface area contributed by atoms with Crippen LogP contribution in [-0.2, 0) is 11.3 Å². The Kier molecular flexibility index (Phi) is 5.76. The highest BCUT2D eigenvalue weighted by Crippen LogP contribution is 2.11. The maximum Gasteiger partial charge on any atom is 0.352 e. The molecule has 0 aliphatic rings. The van der Waals surface area contributed by atoms with Crippen LogP contribution in [0.25, 0.3) is 0 Å². The van der Waals surface area contributed by atoms with Crippen LogP contribution in [0.2, 0.25) is 0 Å². The van der Waals surface area contributed by atoms with Crippen LogP contribution in [0.1, 0.15) is 54.5 Å². The Morgan fingerprint density at radius 1 is 1.37 bits per heavy atom. The van der Waals surface area contributed by atoms with Gasteiger partial charge < -0.3 is 14.4 Å². The molecule has 0 aromatic carbocycles. The predicted octanol–water partition coefficient (Wildman–Crippen LogP) is 2.59. The second-order valence-corrected chi connectivity index (χ2v) is 4.80. The van der Waals surface area contributed by atoms with Crippen LogP contribution in [0.3, 0.4) is 0 Å². The van der Waals surface area contributed by atoms with Gasteiger partial charge in [0, 0.05) is 24.9 Å². The zero-order valence-corrected chi connectivity index (χ0v) is 11.7. The number of carbonyl (C=O) groups excluding carboxylic acids is 1. The lowest BCUT2D eigenvalue weighted by molar-refractivity contribution is 0.0683. The van der Waals surface area contributed by atoms with Crippen molar-refractivity contribution in [2.75, 3.05) is 6.61 Å². The third kappa shape index (κ3) is 4.87. The number of rotatable bonds is 8. The Balaban J connectivity index is 2.57. The first-order valence-corrected chi connectivity index (χ1v) is 6.47. The minimum atomic E-state index is -1.01. The molecule has 1 aromatic heterocycles. The summed E-state index contributed by atoms with van der Waals surface area (Å²) >= 11 is 0. The topological polar surface area (TPSA) is 68.5 Å². The van der Waals surface area contributed by atoms with E-state index in [2.05, 4.69) is 0 Å². The van der Waals surface area contributed by atoms with Crippen LogP contribution >= 0.6 is 0 Å². The number of hydrogen-bond donors (Lipinski definition) is 1. The Bertz CT molecular complexity index is 448. The fourth-order valence-corrected chi connectivity index (χ4v) is 1.77. The van der Waals surface area contributed by atoms with Gasteiger partial charge in [-0.15, -0.1) is 0 Å². The zero-order chi connectivity index (χ0) is 14.4. The van der Waals surface area contributed by atoms with E-state index >= 15 is 0 Å². The average Bonchev–Trinajstić information content (AvgIpc) is 2.72. The summed E-state index contributed by atoms with van der Waals surface area (Å²) in [5, 5.41) is 9.08. The van der Waals surface area contributed by atoms with Crippen molar-refractivity contribution in [2.24, 2.45) is 0 Å². The molecule has 5 heteroatoms. The van der Waals surface area contributed by atoms with Crippen LogP contribution in [0.15, 0.2) is 12.3 Å². The molecule has 1 N–H and O–H groups in total. The van der Waals surface area contributed by atoms with Gasteiger partial charge in [0.15, 0.2) is 5.78 Å². The number of unbranched alkanes of at least 4 members (excludes halogenated alkanes) is 1. The zero-order valence-electron chi connectivity index (χ0n) is 11.7. The van der Waals surface area contributed by atoms with E-state index in [1.54, 1.807) is 10.8 Å². The van der Waals surface area contributed by atoms with Crippen molar-refractivity contribution in [3.05, 3.63) is 23.5 Å². The number of aromatic carboxylic acids is 1. The lowest BCUT2D eigenvalue weighted by atomic mass is 10.2. The van der Waals surface area contributed by atoms with E-state index in [-0.39, 0.29) is 17.6 Å². The SMILES string of the molecule is CC(=O)c1cc(C(=O)O)n(CCCCOC(C)C)c1. The van der Waals surface area contributed by atoms with E-state index in [1.165, 1.54) is 13.0 Å². The monoisotopic (exact) mass is 267 g/mol. The second-order valence-electron chi connectivity index (χ2n) is 4.80. The number of nitrogens with zero attached hydrogens (tertiary/aromatic N) is 1. The number of Topliss-reactive ketones (excluding diaryl/α,β-unsaturated/α-hetero) is 1. The van der Waals surface area contributed by atoms with E-state index in [0.29, 0.717) is 18.7 Å². The predicted molar refractivity (Wildman–Crippen MR) is 71.7 cm³/mol. The van der Waals surface area contributed by atoms with Gasteiger partial charge in [-0.05, 0) is 39.7 Å². The molecule has 5 nitrogen and oxygen atoms in total. The molecule has 0 saturated heterocycles. The number of ether oxygens (including phenoxy) is 1. The van der Waals surface area contributed by atoms with Crippen LogP contribution in [0.4, 0.5) is 0 Å². The lowest BCUT2D eigenvalue weighted by Gasteiger charge is -2.08. The summed E-state index contributed by atoms with van der Waals surface area (Å²) < 4.78 is 7.04. The highest BCUT2D eigenvalue weighted by molar-refractivity contribution is 5.97. The van der Waals surface area contributed by atoms with E-state index < -0.39 is 5.97 Å². The maximum absolute atomic E-state index is 11.3. The number of hydrogen-bond acceptors (Lipinski definition) is 3. The van der Waals surface area contributed by atoms with Gasteiger partial charge in [0.05, 0.1) is 6.10 Å². The molecule has 0 bridgehead atoms. The first kappa shape index (κ1) is 15.4. The van der Waals surface area contributed by atoms with Gasteiger partial charge in [-0.3, -0.25) is 4.79 Å².